The van der Waals surface area contributed by atoms with Gasteiger partial charge in [0.2, 0.25) is 0 Å². The molecule has 1 aliphatic carbocycles. The summed E-state index contributed by atoms with van der Waals surface area (Å²) in [4.78, 5) is 2.53. The Morgan fingerprint density at radius 3 is 2.67 bits per heavy atom. The number of anilines is 1. The van der Waals surface area contributed by atoms with Crippen LogP contribution >= 0.6 is 0 Å². The second-order valence-electron chi connectivity index (χ2n) is 8.93. The molecule has 6 rings (SSSR count). The van der Waals surface area contributed by atoms with Crippen LogP contribution in [-0.4, -0.2) is 24.3 Å². The molecule has 3 heterocycles. The van der Waals surface area contributed by atoms with Gasteiger partial charge in [-0.15, -0.1) is 0 Å². The van der Waals surface area contributed by atoms with E-state index in [9.17, 15) is 4.39 Å². The number of ether oxygens (including phenoxy) is 1. The van der Waals surface area contributed by atoms with Crippen LogP contribution in [0, 0.1) is 5.82 Å². The lowest BCUT2D eigenvalue weighted by atomic mass is 9.99. The van der Waals surface area contributed by atoms with Gasteiger partial charge in [0.15, 0.2) is 0 Å². The largest absolute Gasteiger partial charge is 0.491 e. The smallest absolute Gasteiger partial charge is 0.146 e. The molecule has 1 atom stereocenters. The van der Waals surface area contributed by atoms with Crippen molar-refractivity contribution in [1.29, 1.82) is 0 Å². The van der Waals surface area contributed by atoms with E-state index in [0.717, 1.165) is 56.0 Å². The summed E-state index contributed by atoms with van der Waals surface area (Å²) in [5.41, 5.74) is 6.26. The number of para-hydroxylation sites is 1. The number of aromatic nitrogens is 1. The lowest BCUT2D eigenvalue weighted by Crippen LogP contribution is -2.31. The first kappa shape index (κ1) is 18.1. The summed E-state index contributed by atoms with van der Waals surface area (Å²) in [5.74, 6) is 2.59. The number of hydrogen-bond donors (Lipinski definition) is 0. The molecular formula is C26H27FN2O. The standard InChI is InChI=1S/C26H27FN2O/c27-23-8-7-19-13-20(14-21(19)15-23)22-16-25(28-10-2-1-3-11-28)29(17-22)24-6-4-5-18-9-12-30-26(18)24/h4-8,15-17,20H,1-3,9-14H2. The van der Waals surface area contributed by atoms with Crippen molar-refractivity contribution < 1.29 is 9.13 Å². The van der Waals surface area contributed by atoms with E-state index in [-0.39, 0.29) is 5.82 Å². The zero-order chi connectivity index (χ0) is 20.1. The third kappa shape index (κ3) is 3.01. The minimum absolute atomic E-state index is 0.127. The van der Waals surface area contributed by atoms with Crippen LogP contribution < -0.4 is 9.64 Å². The van der Waals surface area contributed by atoms with Gasteiger partial charge in [-0.3, -0.25) is 4.57 Å². The average Bonchev–Trinajstić information content (AvgIpc) is 3.51. The zero-order valence-corrected chi connectivity index (χ0v) is 17.2. The van der Waals surface area contributed by atoms with Gasteiger partial charge in [-0.25, -0.2) is 4.39 Å². The summed E-state index contributed by atoms with van der Waals surface area (Å²) in [6.07, 6.45) is 9.02. The first-order valence-corrected chi connectivity index (χ1v) is 11.3. The second-order valence-corrected chi connectivity index (χ2v) is 8.93. The van der Waals surface area contributed by atoms with Gasteiger partial charge in [-0.2, -0.15) is 0 Å². The maximum atomic E-state index is 13.7. The molecule has 0 saturated carbocycles. The highest BCUT2D eigenvalue weighted by Crippen LogP contribution is 2.40. The van der Waals surface area contributed by atoms with Crippen LogP contribution in [-0.2, 0) is 19.3 Å². The first-order valence-electron chi connectivity index (χ1n) is 11.3. The van der Waals surface area contributed by atoms with Crippen molar-refractivity contribution >= 4 is 5.82 Å². The fourth-order valence-corrected chi connectivity index (χ4v) is 5.46. The monoisotopic (exact) mass is 402 g/mol. The van der Waals surface area contributed by atoms with E-state index >= 15 is 0 Å². The van der Waals surface area contributed by atoms with E-state index < -0.39 is 0 Å². The van der Waals surface area contributed by atoms with Gasteiger partial charge in [0.05, 0.1) is 12.3 Å². The number of rotatable bonds is 3. The molecule has 154 valence electrons. The molecule has 0 bridgehead atoms. The van der Waals surface area contributed by atoms with Crippen LogP contribution in [0.4, 0.5) is 10.2 Å². The molecule has 1 unspecified atom stereocenters. The molecule has 3 aromatic rings. The molecule has 4 heteroatoms. The summed E-state index contributed by atoms with van der Waals surface area (Å²) in [5, 5.41) is 0. The molecule has 0 amide bonds. The molecule has 1 aromatic heterocycles. The summed E-state index contributed by atoms with van der Waals surface area (Å²) in [6, 6.07) is 14.2. The van der Waals surface area contributed by atoms with Crippen LogP contribution in [0.3, 0.4) is 0 Å². The highest BCUT2D eigenvalue weighted by Gasteiger charge is 2.28. The van der Waals surface area contributed by atoms with Crippen molar-refractivity contribution in [3.05, 3.63) is 76.7 Å². The predicted octanol–water partition coefficient (Wildman–Crippen LogP) is 5.42. The number of piperidine rings is 1. The molecular weight excluding hydrogens is 375 g/mol. The van der Waals surface area contributed by atoms with Crippen molar-refractivity contribution in [3.8, 4) is 11.4 Å². The van der Waals surface area contributed by atoms with Gasteiger partial charge in [-0.1, -0.05) is 18.2 Å². The number of hydrogen-bond acceptors (Lipinski definition) is 2. The van der Waals surface area contributed by atoms with E-state index in [0.29, 0.717) is 5.92 Å². The number of halogens is 1. The van der Waals surface area contributed by atoms with Crippen molar-refractivity contribution in [2.75, 3.05) is 24.6 Å². The summed E-state index contributed by atoms with van der Waals surface area (Å²) >= 11 is 0. The van der Waals surface area contributed by atoms with Crippen LogP contribution in [0.25, 0.3) is 5.69 Å². The van der Waals surface area contributed by atoms with Gasteiger partial charge in [0.1, 0.15) is 17.4 Å². The Labute approximate surface area is 177 Å². The number of nitrogens with zero attached hydrogens (tertiary/aromatic N) is 2. The van der Waals surface area contributed by atoms with Gasteiger partial charge in [0.25, 0.3) is 0 Å². The maximum Gasteiger partial charge on any atom is 0.146 e. The van der Waals surface area contributed by atoms with Crippen molar-refractivity contribution in [3.63, 3.8) is 0 Å². The van der Waals surface area contributed by atoms with Crippen LogP contribution in [0.2, 0.25) is 0 Å². The van der Waals surface area contributed by atoms with Gasteiger partial charge >= 0.3 is 0 Å². The Balaban J connectivity index is 1.42. The summed E-state index contributed by atoms with van der Waals surface area (Å²) in [7, 11) is 0. The average molecular weight is 403 g/mol. The maximum absolute atomic E-state index is 13.7. The Morgan fingerprint density at radius 2 is 1.77 bits per heavy atom. The van der Waals surface area contributed by atoms with Crippen molar-refractivity contribution in [2.24, 2.45) is 0 Å². The second kappa shape index (κ2) is 7.19. The molecule has 2 aliphatic heterocycles. The number of fused-ring (bicyclic) bond motifs is 2. The Hall–Kier alpha value is -2.75. The predicted molar refractivity (Wildman–Crippen MR) is 118 cm³/mol. The summed E-state index contributed by atoms with van der Waals surface area (Å²) in [6.45, 7) is 2.98. The first-order chi connectivity index (χ1) is 14.8. The fraction of sp³-hybridized carbons (Fsp3) is 0.385. The zero-order valence-electron chi connectivity index (χ0n) is 17.2. The molecule has 30 heavy (non-hydrogen) atoms. The highest BCUT2D eigenvalue weighted by molar-refractivity contribution is 5.61. The third-order valence-electron chi connectivity index (χ3n) is 7.03. The van der Waals surface area contributed by atoms with Gasteiger partial charge in [-0.05, 0) is 84.5 Å². The van der Waals surface area contributed by atoms with Crippen molar-refractivity contribution in [2.45, 2.75) is 44.4 Å². The molecule has 3 aliphatic rings. The topological polar surface area (TPSA) is 17.4 Å². The Morgan fingerprint density at radius 1 is 0.900 bits per heavy atom. The van der Waals surface area contributed by atoms with Gasteiger partial charge < -0.3 is 9.64 Å². The lowest BCUT2D eigenvalue weighted by Gasteiger charge is -2.30. The van der Waals surface area contributed by atoms with E-state index in [4.69, 9.17) is 4.74 Å². The minimum atomic E-state index is -0.127. The SMILES string of the molecule is Fc1ccc2c(c1)CC(c1cc(N3CCCCC3)n(-c3cccc4c3OCC4)c1)C2. The molecule has 0 N–H and O–H groups in total. The van der Waals surface area contributed by atoms with Crippen LogP contribution in [0.1, 0.15) is 47.4 Å². The van der Waals surface area contributed by atoms with Crippen LogP contribution in [0.5, 0.6) is 5.75 Å². The Bertz CT molecular complexity index is 1100. The molecule has 3 nitrogen and oxygen atoms in total. The summed E-state index contributed by atoms with van der Waals surface area (Å²) < 4.78 is 22.1. The van der Waals surface area contributed by atoms with Gasteiger partial charge in [0, 0.05) is 25.7 Å². The number of benzene rings is 2. The van der Waals surface area contributed by atoms with E-state index in [2.05, 4.69) is 39.9 Å². The lowest BCUT2D eigenvalue weighted by molar-refractivity contribution is 0.355. The Kier molecular flexibility index (Phi) is 4.33. The minimum Gasteiger partial charge on any atom is -0.491 e. The van der Waals surface area contributed by atoms with Crippen LogP contribution in [0.15, 0.2) is 48.7 Å². The fourth-order valence-electron chi connectivity index (χ4n) is 5.46. The quantitative estimate of drug-likeness (QED) is 0.582. The molecule has 1 saturated heterocycles. The third-order valence-corrected chi connectivity index (χ3v) is 7.03. The van der Waals surface area contributed by atoms with Crippen molar-refractivity contribution in [1.82, 2.24) is 4.57 Å². The molecule has 0 radical (unpaired) electrons. The van der Waals surface area contributed by atoms with E-state index in [1.54, 1.807) is 12.1 Å². The van der Waals surface area contributed by atoms with E-state index in [1.807, 2.05) is 6.07 Å². The highest BCUT2D eigenvalue weighted by atomic mass is 19.1. The molecule has 1 fully saturated rings. The van der Waals surface area contributed by atoms with E-state index in [1.165, 1.54) is 41.8 Å². The normalized spacial score (nSPS) is 20.2. The molecule has 2 aromatic carbocycles. The molecule has 0 spiro atoms.